The molecule has 0 aromatic heterocycles. The first-order chi connectivity index (χ1) is 10.3. The van der Waals surface area contributed by atoms with Crippen LogP contribution in [0.1, 0.15) is 44.9 Å². The van der Waals surface area contributed by atoms with Gasteiger partial charge in [-0.1, -0.05) is 32.1 Å². The normalized spacial score (nSPS) is 16.8. The molecule has 1 aliphatic rings. The van der Waals surface area contributed by atoms with Crippen LogP contribution in [0.15, 0.2) is 24.3 Å². The standard InChI is InChI=1S/C17H26N2O2/c1-21-16-11-9-15(10-12-16)19-17(20)13-18-14-7-5-3-2-4-6-8-14/h9-12,14,18H,2-8,13H2,1H3,(H,19,20). The number of methoxy groups -OCH3 is 1. The summed E-state index contributed by atoms with van der Waals surface area (Å²) in [4.78, 5) is 12.0. The van der Waals surface area contributed by atoms with Crippen molar-refractivity contribution in [1.82, 2.24) is 5.32 Å². The number of nitrogens with one attached hydrogen (secondary N) is 2. The van der Waals surface area contributed by atoms with E-state index < -0.39 is 0 Å². The van der Waals surface area contributed by atoms with Gasteiger partial charge in [0.2, 0.25) is 5.91 Å². The van der Waals surface area contributed by atoms with Gasteiger partial charge in [0.05, 0.1) is 13.7 Å². The fourth-order valence-electron chi connectivity index (χ4n) is 2.78. The number of ether oxygens (including phenoxy) is 1. The Bertz CT molecular complexity index is 423. The lowest BCUT2D eigenvalue weighted by Gasteiger charge is -2.20. The van der Waals surface area contributed by atoms with Crippen LogP contribution in [-0.4, -0.2) is 25.6 Å². The van der Waals surface area contributed by atoms with Crippen molar-refractivity contribution in [3.8, 4) is 5.75 Å². The van der Waals surface area contributed by atoms with Gasteiger partial charge in [-0.25, -0.2) is 0 Å². The Morgan fingerprint density at radius 3 is 2.33 bits per heavy atom. The van der Waals surface area contributed by atoms with Crippen LogP contribution < -0.4 is 15.4 Å². The van der Waals surface area contributed by atoms with Crippen molar-refractivity contribution in [3.63, 3.8) is 0 Å². The smallest absolute Gasteiger partial charge is 0.238 e. The predicted molar refractivity (Wildman–Crippen MR) is 85.7 cm³/mol. The van der Waals surface area contributed by atoms with E-state index in [2.05, 4.69) is 10.6 Å². The molecule has 1 amide bonds. The van der Waals surface area contributed by atoms with E-state index in [1.54, 1.807) is 7.11 Å². The van der Waals surface area contributed by atoms with E-state index in [1.807, 2.05) is 24.3 Å². The summed E-state index contributed by atoms with van der Waals surface area (Å²) in [6, 6.07) is 7.89. The first-order valence-corrected chi connectivity index (χ1v) is 7.95. The van der Waals surface area contributed by atoms with Crippen molar-refractivity contribution >= 4 is 11.6 Å². The first-order valence-electron chi connectivity index (χ1n) is 7.95. The second kappa shape index (κ2) is 8.67. The molecule has 4 heteroatoms. The highest BCUT2D eigenvalue weighted by Crippen LogP contribution is 2.17. The van der Waals surface area contributed by atoms with E-state index in [-0.39, 0.29) is 5.91 Å². The van der Waals surface area contributed by atoms with Crippen molar-refractivity contribution in [3.05, 3.63) is 24.3 Å². The van der Waals surface area contributed by atoms with Gasteiger partial charge in [-0.05, 0) is 37.1 Å². The Hall–Kier alpha value is -1.55. The summed E-state index contributed by atoms with van der Waals surface area (Å²) in [5.41, 5.74) is 0.806. The average molecular weight is 290 g/mol. The largest absolute Gasteiger partial charge is 0.497 e. The summed E-state index contributed by atoms with van der Waals surface area (Å²) < 4.78 is 5.10. The van der Waals surface area contributed by atoms with Crippen LogP contribution in [0.25, 0.3) is 0 Å². The average Bonchev–Trinajstić information content (AvgIpc) is 2.47. The summed E-state index contributed by atoms with van der Waals surface area (Å²) in [5, 5.41) is 6.30. The molecule has 4 nitrogen and oxygen atoms in total. The molecule has 1 aromatic carbocycles. The van der Waals surface area contributed by atoms with E-state index in [1.165, 1.54) is 44.9 Å². The Morgan fingerprint density at radius 1 is 1.10 bits per heavy atom. The Morgan fingerprint density at radius 2 is 1.71 bits per heavy atom. The number of rotatable bonds is 5. The summed E-state index contributed by atoms with van der Waals surface area (Å²) in [6.45, 7) is 0.386. The Kier molecular flexibility index (Phi) is 6.54. The highest BCUT2D eigenvalue weighted by molar-refractivity contribution is 5.92. The molecule has 0 radical (unpaired) electrons. The molecule has 21 heavy (non-hydrogen) atoms. The van der Waals surface area contributed by atoms with Crippen LogP contribution in [0.3, 0.4) is 0 Å². The van der Waals surface area contributed by atoms with Crippen LogP contribution in [0, 0.1) is 0 Å². The number of amides is 1. The molecule has 1 aliphatic carbocycles. The number of benzene rings is 1. The van der Waals surface area contributed by atoms with Crippen LogP contribution in [-0.2, 0) is 4.79 Å². The third-order valence-electron chi connectivity index (χ3n) is 4.03. The van der Waals surface area contributed by atoms with Gasteiger partial charge in [-0.15, -0.1) is 0 Å². The third kappa shape index (κ3) is 5.76. The van der Waals surface area contributed by atoms with Crippen molar-refractivity contribution < 1.29 is 9.53 Å². The quantitative estimate of drug-likeness (QED) is 0.874. The topological polar surface area (TPSA) is 50.4 Å². The van der Waals surface area contributed by atoms with Crippen LogP contribution in [0.4, 0.5) is 5.69 Å². The molecule has 2 N–H and O–H groups in total. The molecule has 0 spiro atoms. The van der Waals surface area contributed by atoms with Crippen molar-refractivity contribution in [1.29, 1.82) is 0 Å². The van der Waals surface area contributed by atoms with E-state index in [9.17, 15) is 4.79 Å². The van der Waals surface area contributed by atoms with E-state index in [4.69, 9.17) is 4.74 Å². The number of hydrogen-bond donors (Lipinski definition) is 2. The molecule has 116 valence electrons. The maximum absolute atomic E-state index is 12.0. The van der Waals surface area contributed by atoms with E-state index >= 15 is 0 Å². The fraction of sp³-hybridized carbons (Fsp3) is 0.588. The van der Waals surface area contributed by atoms with Gasteiger partial charge in [0, 0.05) is 11.7 Å². The Balaban J connectivity index is 1.72. The number of carbonyl (C=O) groups is 1. The van der Waals surface area contributed by atoms with Gasteiger partial charge < -0.3 is 15.4 Å². The lowest BCUT2D eigenvalue weighted by Crippen LogP contribution is -2.36. The number of carbonyl (C=O) groups excluding carboxylic acids is 1. The summed E-state index contributed by atoms with van der Waals surface area (Å²) >= 11 is 0. The number of hydrogen-bond acceptors (Lipinski definition) is 3. The van der Waals surface area contributed by atoms with Crippen LogP contribution in [0.2, 0.25) is 0 Å². The summed E-state index contributed by atoms with van der Waals surface area (Å²) in [6.07, 6.45) is 8.96. The van der Waals surface area contributed by atoms with Gasteiger partial charge in [-0.3, -0.25) is 4.79 Å². The SMILES string of the molecule is COc1ccc(NC(=O)CNC2CCCCCCC2)cc1. The summed E-state index contributed by atoms with van der Waals surface area (Å²) in [7, 11) is 1.63. The van der Waals surface area contributed by atoms with Crippen molar-refractivity contribution in [2.24, 2.45) is 0 Å². The van der Waals surface area contributed by atoms with Crippen LogP contribution >= 0.6 is 0 Å². The summed E-state index contributed by atoms with van der Waals surface area (Å²) in [5.74, 6) is 0.808. The Labute approximate surface area is 127 Å². The maximum Gasteiger partial charge on any atom is 0.238 e. The van der Waals surface area contributed by atoms with Gasteiger partial charge in [0.25, 0.3) is 0 Å². The maximum atomic E-state index is 12.0. The third-order valence-corrected chi connectivity index (χ3v) is 4.03. The zero-order valence-electron chi connectivity index (χ0n) is 12.9. The molecule has 1 fully saturated rings. The molecule has 0 bridgehead atoms. The number of anilines is 1. The van der Waals surface area contributed by atoms with E-state index in [0.29, 0.717) is 12.6 Å². The zero-order chi connectivity index (χ0) is 14.9. The van der Waals surface area contributed by atoms with Gasteiger partial charge in [0.1, 0.15) is 5.75 Å². The van der Waals surface area contributed by atoms with E-state index in [0.717, 1.165) is 11.4 Å². The first kappa shape index (κ1) is 15.8. The molecule has 1 aromatic rings. The molecule has 0 aliphatic heterocycles. The fourth-order valence-corrected chi connectivity index (χ4v) is 2.78. The van der Waals surface area contributed by atoms with Gasteiger partial charge >= 0.3 is 0 Å². The second-order valence-electron chi connectivity index (χ2n) is 5.70. The van der Waals surface area contributed by atoms with Crippen molar-refractivity contribution in [2.45, 2.75) is 51.0 Å². The second-order valence-corrected chi connectivity index (χ2v) is 5.70. The molecule has 0 saturated heterocycles. The molecular weight excluding hydrogens is 264 g/mol. The molecule has 0 unspecified atom stereocenters. The predicted octanol–water partition coefficient (Wildman–Crippen LogP) is 3.34. The molecule has 2 rings (SSSR count). The van der Waals surface area contributed by atoms with Gasteiger partial charge in [0.15, 0.2) is 0 Å². The lowest BCUT2D eigenvalue weighted by molar-refractivity contribution is -0.115. The molecule has 0 atom stereocenters. The van der Waals surface area contributed by atoms with Gasteiger partial charge in [-0.2, -0.15) is 0 Å². The van der Waals surface area contributed by atoms with Crippen molar-refractivity contribution in [2.75, 3.05) is 19.0 Å². The van der Waals surface area contributed by atoms with Crippen LogP contribution in [0.5, 0.6) is 5.75 Å². The lowest BCUT2D eigenvalue weighted by atomic mass is 9.97. The molecule has 0 heterocycles. The zero-order valence-corrected chi connectivity index (χ0v) is 12.9. The minimum Gasteiger partial charge on any atom is -0.497 e. The highest BCUT2D eigenvalue weighted by Gasteiger charge is 2.12. The minimum atomic E-state index is 0.0160. The molecular formula is C17H26N2O2. The monoisotopic (exact) mass is 290 g/mol. The highest BCUT2D eigenvalue weighted by atomic mass is 16.5. The molecule has 1 saturated carbocycles. The minimum absolute atomic E-state index is 0.0160.